The molecule has 0 radical (unpaired) electrons. The lowest BCUT2D eigenvalue weighted by Crippen LogP contribution is -2.56. The summed E-state index contributed by atoms with van der Waals surface area (Å²) in [5, 5.41) is 3.29. The van der Waals surface area contributed by atoms with Crippen molar-refractivity contribution in [1.82, 2.24) is 15.1 Å². The standard InChI is InChI=1S/C15H23N3O/c1-12-5-4-6-13(9-12)10-18(3)15(19)14-11-17(2)8-7-16-14/h4-6,9,14,16H,7-8,10-11H2,1-3H3. The number of likely N-dealkylation sites (N-methyl/N-ethyl adjacent to an activating group) is 2. The van der Waals surface area contributed by atoms with Crippen molar-refractivity contribution in [1.29, 1.82) is 0 Å². The number of carbonyl (C=O) groups excluding carboxylic acids is 1. The maximum absolute atomic E-state index is 12.4. The van der Waals surface area contributed by atoms with Crippen LogP contribution in [0, 0.1) is 6.92 Å². The average molecular weight is 261 g/mol. The number of amides is 1. The number of rotatable bonds is 3. The summed E-state index contributed by atoms with van der Waals surface area (Å²) in [6.45, 7) is 5.42. The van der Waals surface area contributed by atoms with E-state index >= 15 is 0 Å². The molecular weight excluding hydrogens is 238 g/mol. The normalized spacial score (nSPS) is 20.3. The molecule has 1 heterocycles. The van der Waals surface area contributed by atoms with Crippen molar-refractivity contribution in [2.75, 3.05) is 33.7 Å². The summed E-state index contributed by atoms with van der Waals surface area (Å²) in [6, 6.07) is 8.23. The lowest BCUT2D eigenvalue weighted by atomic mass is 10.1. The molecule has 1 unspecified atom stereocenters. The highest BCUT2D eigenvalue weighted by molar-refractivity contribution is 5.82. The first-order valence-corrected chi connectivity index (χ1v) is 6.78. The Balaban J connectivity index is 1.95. The first-order valence-electron chi connectivity index (χ1n) is 6.78. The van der Waals surface area contributed by atoms with Crippen molar-refractivity contribution in [2.24, 2.45) is 0 Å². The van der Waals surface area contributed by atoms with Crippen molar-refractivity contribution in [3.05, 3.63) is 35.4 Å². The third-order valence-electron chi connectivity index (χ3n) is 3.56. The van der Waals surface area contributed by atoms with Gasteiger partial charge in [0.15, 0.2) is 0 Å². The number of nitrogens with one attached hydrogen (secondary N) is 1. The van der Waals surface area contributed by atoms with Gasteiger partial charge in [0.2, 0.25) is 5.91 Å². The highest BCUT2D eigenvalue weighted by atomic mass is 16.2. The topological polar surface area (TPSA) is 35.6 Å². The van der Waals surface area contributed by atoms with Gasteiger partial charge in [0.1, 0.15) is 0 Å². The highest BCUT2D eigenvalue weighted by Gasteiger charge is 2.25. The summed E-state index contributed by atoms with van der Waals surface area (Å²) in [5.74, 6) is 0.174. The van der Waals surface area contributed by atoms with Crippen LogP contribution in [0.2, 0.25) is 0 Å². The van der Waals surface area contributed by atoms with Gasteiger partial charge < -0.3 is 15.1 Å². The van der Waals surface area contributed by atoms with E-state index in [0.29, 0.717) is 6.54 Å². The fourth-order valence-electron chi connectivity index (χ4n) is 2.49. The maximum Gasteiger partial charge on any atom is 0.241 e. The minimum absolute atomic E-state index is 0.0754. The number of hydrogen-bond donors (Lipinski definition) is 1. The van der Waals surface area contributed by atoms with E-state index in [2.05, 4.69) is 42.4 Å². The Morgan fingerprint density at radius 2 is 2.32 bits per heavy atom. The molecule has 0 saturated carbocycles. The monoisotopic (exact) mass is 261 g/mol. The molecule has 1 N–H and O–H groups in total. The van der Waals surface area contributed by atoms with E-state index in [-0.39, 0.29) is 11.9 Å². The van der Waals surface area contributed by atoms with Crippen LogP contribution >= 0.6 is 0 Å². The number of benzene rings is 1. The molecule has 4 heteroatoms. The predicted molar refractivity (Wildman–Crippen MR) is 76.9 cm³/mol. The third-order valence-corrected chi connectivity index (χ3v) is 3.56. The molecule has 104 valence electrons. The molecule has 1 aromatic rings. The first kappa shape index (κ1) is 14.0. The van der Waals surface area contributed by atoms with Crippen LogP contribution in [0.25, 0.3) is 0 Å². The number of carbonyl (C=O) groups is 1. The van der Waals surface area contributed by atoms with E-state index in [1.54, 1.807) is 0 Å². The van der Waals surface area contributed by atoms with Gasteiger partial charge in [0.25, 0.3) is 0 Å². The molecule has 19 heavy (non-hydrogen) atoms. The smallest absolute Gasteiger partial charge is 0.241 e. The van der Waals surface area contributed by atoms with E-state index in [9.17, 15) is 4.79 Å². The average Bonchev–Trinajstić information content (AvgIpc) is 2.38. The molecule has 4 nitrogen and oxygen atoms in total. The van der Waals surface area contributed by atoms with Gasteiger partial charge in [-0.05, 0) is 19.5 Å². The number of hydrogen-bond acceptors (Lipinski definition) is 3. The van der Waals surface area contributed by atoms with Gasteiger partial charge in [-0.25, -0.2) is 0 Å². The van der Waals surface area contributed by atoms with Gasteiger partial charge in [-0.15, -0.1) is 0 Å². The van der Waals surface area contributed by atoms with Crippen LogP contribution in [-0.4, -0.2) is 55.5 Å². The first-order chi connectivity index (χ1) is 9.06. The van der Waals surface area contributed by atoms with Crippen LogP contribution in [0.4, 0.5) is 0 Å². The van der Waals surface area contributed by atoms with E-state index in [0.717, 1.165) is 19.6 Å². The molecule has 0 aromatic heterocycles. The molecule has 1 fully saturated rings. The molecule has 1 saturated heterocycles. The Bertz CT molecular complexity index is 447. The molecule has 0 spiro atoms. The van der Waals surface area contributed by atoms with Crippen LogP contribution in [0.3, 0.4) is 0 Å². The number of aryl methyl sites for hydroxylation is 1. The minimum atomic E-state index is -0.0754. The summed E-state index contributed by atoms with van der Waals surface area (Å²) in [4.78, 5) is 16.4. The summed E-state index contributed by atoms with van der Waals surface area (Å²) in [5.41, 5.74) is 2.41. The Morgan fingerprint density at radius 3 is 3.00 bits per heavy atom. The Kier molecular flexibility index (Phi) is 4.56. The van der Waals surface area contributed by atoms with Crippen molar-refractivity contribution in [3.8, 4) is 0 Å². The van der Waals surface area contributed by atoms with E-state index in [1.807, 2.05) is 18.0 Å². The number of piperazine rings is 1. The van der Waals surface area contributed by atoms with Gasteiger partial charge in [-0.2, -0.15) is 0 Å². The van der Waals surface area contributed by atoms with Gasteiger partial charge in [0, 0.05) is 33.2 Å². The Morgan fingerprint density at radius 1 is 1.53 bits per heavy atom. The lowest BCUT2D eigenvalue weighted by Gasteiger charge is -2.32. The second kappa shape index (κ2) is 6.17. The van der Waals surface area contributed by atoms with Crippen LogP contribution in [-0.2, 0) is 11.3 Å². The molecule has 0 bridgehead atoms. The van der Waals surface area contributed by atoms with Crippen LogP contribution in [0.15, 0.2) is 24.3 Å². The van der Waals surface area contributed by atoms with Crippen molar-refractivity contribution >= 4 is 5.91 Å². The second-order valence-electron chi connectivity index (χ2n) is 5.45. The zero-order valence-corrected chi connectivity index (χ0v) is 12.0. The molecule has 1 atom stereocenters. The fraction of sp³-hybridized carbons (Fsp3) is 0.533. The SMILES string of the molecule is Cc1cccc(CN(C)C(=O)C2CN(C)CCN2)c1. The predicted octanol–water partition coefficient (Wildman–Crippen LogP) is 0.857. The van der Waals surface area contributed by atoms with Crippen LogP contribution < -0.4 is 5.32 Å². The van der Waals surface area contributed by atoms with Gasteiger partial charge in [-0.3, -0.25) is 4.79 Å². The molecule has 1 aromatic carbocycles. The fourth-order valence-corrected chi connectivity index (χ4v) is 2.49. The van der Waals surface area contributed by atoms with Crippen molar-refractivity contribution < 1.29 is 4.79 Å². The summed E-state index contributed by atoms with van der Waals surface area (Å²) in [7, 11) is 3.93. The van der Waals surface area contributed by atoms with Crippen LogP contribution in [0.5, 0.6) is 0 Å². The number of nitrogens with zero attached hydrogens (tertiary/aromatic N) is 2. The Hall–Kier alpha value is -1.39. The van der Waals surface area contributed by atoms with E-state index in [4.69, 9.17) is 0 Å². The molecule has 0 aliphatic carbocycles. The molecule has 1 aliphatic rings. The van der Waals surface area contributed by atoms with E-state index in [1.165, 1.54) is 11.1 Å². The molecular formula is C15H23N3O. The van der Waals surface area contributed by atoms with Gasteiger partial charge in [-0.1, -0.05) is 29.8 Å². The second-order valence-corrected chi connectivity index (χ2v) is 5.45. The molecule has 1 aliphatic heterocycles. The minimum Gasteiger partial charge on any atom is -0.340 e. The van der Waals surface area contributed by atoms with Gasteiger partial charge >= 0.3 is 0 Å². The largest absolute Gasteiger partial charge is 0.340 e. The molecule has 2 rings (SSSR count). The van der Waals surface area contributed by atoms with Gasteiger partial charge in [0.05, 0.1) is 6.04 Å². The summed E-state index contributed by atoms with van der Waals surface area (Å²) >= 11 is 0. The summed E-state index contributed by atoms with van der Waals surface area (Å²) < 4.78 is 0. The van der Waals surface area contributed by atoms with E-state index < -0.39 is 0 Å². The van der Waals surface area contributed by atoms with Crippen LogP contribution in [0.1, 0.15) is 11.1 Å². The maximum atomic E-state index is 12.4. The van der Waals surface area contributed by atoms with Crippen molar-refractivity contribution in [3.63, 3.8) is 0 Å². The lowest BCUT2D eigenvalue weighted by molar-refractivity contribution is -0.133. The Labute approximate surface area is 115 Å². The summed E-state index contributed by atoms with van der Waals surface area (Å²) in [6.07, 6.45) is 0. The quantitative estimate of drug-likeness (QED) is 0.876. The third kappa shape index (κ3) is 3.78. The zero-order chi connectivity index (χ0) is 13.8. The molecule has 1 amide bonds. The highest BCUT2D eigenvalue weighted by Crippen LogP contribution is 2.08. The zero-order valence-electron chi connectivity index (χ0n) is 12.0. The van der Waals surface area contributed by atoms with Crippen molar-refractivity contribution in [2.45, 2.75) is 19.5 Å².